The van der Waals surface area contributed by atoms with Crippen LogP contribution in [0, 0.1) is 10.8 Å². The van der Waals surface area contributed by atoms with Crippen LogP contribution in [0.3, 0.4) is 0 Å². The molecule has 0 aromatic carbocycles. The van der Waals surface area contributed by atoms with Gasteiger partial charge in [-0.1, -0.05) is 124 Å². The first-order valence-electron chi connectivity index (χ1n) is 13.9. The van der Waals surface area contributed by atoms with Crippen molar-refractivity contribution in [2.75, 3.05) is 0 Å². The zero-order valence-corrected chi connectivity index (χ0v) is 25.4. The third kappa shape index (κ3) is 9.11. The van der Waals surface area contributed by atoms with E-state index in [1.54, 1.807) is 13.8 Å². The number of allylic oxidation sites excluding steroid dienone is 18. The van der Waals surface area contributed by atoms with Gasteiger partial charge in [-0.3, -0.25) is 9.59 Å². The summed E-state index contributed by atoms with van der Waals surface area (Å²) in [6.45, 7) is 15.8. The van der Waals surface area contributed by atoms with Crippen LogP contribution in [0.15, 0.2) is 119 Å². The number of hydrogen-bond acceptors (Lipinski definition) is 4. The third-order valence-corrected chi connectivity index (χ3v) is 7.54. The molecule has 0 bridgehead atoms. The van der Waals surface area contributed by atoms with Gasteiger partial charge < -0.3 is 10.2 Å². The van der Waals surface area contributed by atoms with E-state index in [0.29, 0.717) is 24.0 Å². The molecular formula is C36H46O4. The first-order chi connectivity index (χ1) is 18.7. The van der Waals surface area contributed by atoms with Gasteiger partial charge in [0.05, 0.1) is 0 Å². The van der Waals surface area contributed by atoms with Crippen LogP contribution in [-0.4, -0.2) is 34.0 Å². The molecule has 0 fully saturated rings. The van der Waals surface area contributed by atoms with Gasteiger partial charge in [-0.25, -0.2) is 0 Å². The van der Waals surface area contributed by atoms with Crippen molar-refractivity contribution in [1.82, 2.24) is 0 Å². The summed E-state index contributed by atoms with van der Waals surface area (Å²) in [6, 6.07) is 0. The van der Waals surface area contributed by atoms with Crippen LogP contribution in [0.1, 0.15) is 68.2 Å². The van der Waals surface area contributed by atoms with Crippen LogP contribution in [0.25, 0.3) is 0 Å². The van der Waals surface area contributed by atoms with E-state index >= 15 is 0 Å². The summed E-state index contributed by atoms with van der Waals surface area (Å²) in [6.07, 6.45) is 26.8. The predicted molar refractivity (Wildman–Crippen MR) is 167 cm³/mol. The Hall–Kier alpha value is -3.34. The van der Waals surface area contributed by atoms with Gasteiger partial charge in [-0.05, 0) is 73.7 Å². The van der Waals surface area contributed by atoms with Crippen molar-refractivity contribution in [3.05, 3.63) is 119 Å². The fraction of sp³-hybridized carbons (Fsp3) is 0.389. The molecule has 4 heteroatoms. The van der Waals surface area contributed by atoms with Gasteiger partial charge in [0, 0.05) is 0 Å². The van der Waals surface area contributed by atoms with Crippen molar-refractivity contribution in [3.63, 3.8) is 0 Å². The van der Waals surface area contributed by atoms with Crippen LogP contribution in [-0.2, 0) is 9.59 Å². The van der Waals surface area contributed by atoms with Gasteiger partial charge in [-0.15, -0.1) is 0 Å². The molecule has 40 heavy (non-hydrogen) atoms. The van der Waals surface area contributed by atoms with Crippen LogP contribution in [0.2, 0.25) is 0 Å². The summed E-state index contributed by atoms with van der Waals surface area (Å²) >= 11 is 0. The van der Waals surface area contributed by atoms with Gasteiger partial charge in [-0.2, -0.15) is 0 Å². The van der Waals surface area contributed by atoms with Crippen molar-refractivity contribution < 1.29 is 19.8 Å². The minimum atomic E-state index is -0.904. The standard InChI is InChI=1S/C36H46O4/c1-25(19-21-29-27(3)33(39)31(37)23-35(29,5)6)17-15-13-11-9-10-12-14-16-18-26(2)20-22-30-28(4)34(40)32(38)24-36(30,7)8/h9-22,31-32,37-38H,23-24H2,1-8H3/b11-9+,12-10+,15-13+,16-14+,21-19+,22-20+,25-17+,26-18+/t31-,32-/m0/s1. The highest BCUT2D eigenvalue weighted by Gasteiger charge is 2.37. The van der Waals surface area contributed by atoms with Gasteiger partial charge in [0.25, 0.3) is 0 Å². The first-order valence-corrected chi connectivity index (χ1v) is 13.9. The Balaban J connectivity index is 1.89. The van der Waals surface area contributed by atoms with Crippen LogP contribution < -0.4 is 0 Å². The summed E-state index contributed by atoms with van der Waals surface area (Å²) in [5, 5.41) is 20.0. The second-order valence-corrected chi connectivity index (χ2v) is 12.0. The Kier molecular flexibility index (Phi) is 11.8. The quantitative estimate of drug-likeness (QED) is 0.295. The fourth-order valence-corrected chi connectivity index (χ4v) is 5.19. The highest BCUT2D eigenvalue weighted by Crippen LogP contribution is 2.40. The van der Waals surface area contributed by atoms with Gasteiger partial charge >= 0.3 is 0 Å². The lowest BCUT2D eigenvalue weighted by molar-refractivity contribution is -0.126. The number of aliphatic hydroxyl groups excluding tert-OH is 2. The highest BCUT2D eigenvalue weighted by atomic mass is 16.3. The Labute approximate surface area is 241 Å². The van der Waals surface area contributed by atoms with E-state index in [4.69, 9.17) is 0 Å². The van der Waals surface area contributed by atoms with E-state index in [-0.39, 0.29) is 22.4 Å². The molecule has 0 radical (unpaired) electrons. The van der Waals surface area contributed by atoms with Crippen LogP contribution in [0.5, 0.6) is 0 Å². The summed E-state index contributed by atoms with van der Waals surface area (Å²) < 4.78 is 0. The highest BCUT2D eigenvalue weighted by molar-refractivity contribution is 6.01. The second-order valence-electron chi connectivity index (χ2n) is 12.0. The molecule has 2 atom stereocenters. The third-order valence-electron chi connectivity index (χ3n) is 7.54. The molecule has 2 N–H and O–H groups in total. The second kappa shape index (κ2) is 14.3. The van der Waals surface area contributed by atoms with Gasteiger partial charge in [0.1, 0.15) is 12.2 Å². The average Bonchev–Trinajstić information content (AvgIpc) is 2.86. The first kappa shape index (κ1) is 32.9. The van der Waals surface area contributed by atoms with Crippen molar-refractivity contribution in [3.8, 4) is 0 Å². The molecule has 2 aliphatic carbocycles. The van der Waals surface area contributed by atoms with Crippen molar-refractivity contribution in [1.29, 1.82) is 0 Å². The van der Waals surface area contributed by atoms with Gasteiger partial charge in [0.2, 0.25) is 0 Å². The number of carbonyl (C=O) groups is 2. The topological polar surface area (TPSA) is 74.6 Å². The maximum Gasteiger partial charge on any atom is 0.187 e. The molecule has 0 saturated carbocycles. The molecule has 214 valence electrons. The molecule has 2 rings (SSSR count). The smallest absolute Gasteiger partial charge is 0.187 e. The fourth-order valence-electron chi connectivity index (χ4n) is 5.19. The van der Waals surface area contributed by atoms with Crippen molar-refractivity contribution in [2.45, 2.75) is 80.4 Å². The Morgan fingerprint density at radius 2 is 0.925 bits per heavy atom. The minimum Gasteiger partial charge on any atom is -0.385 e. The molecule has 0 aromatic rings. The predicted octanol–water partition coefficient (Wildman–Crippen LogP) is 7.57. The lowest BCUT2D eigenvalue weighted by Gasteiger charge is -2.34. The summed E-state index contributed by atoms with van der Waals surface area (Å²) in [4.78, 5) is 24.3. The van der Waals surface area contributed by atoms with Crippen LogP contribution >= 0.6 is 0 Å². The Morgan fingerprint density at radius 3 is 1.25 bits per heavy atom. The monoisotopic (exact) mass is 542 g/mol. The molecule has 2 aliphatic rings. The summed E-state index contributed by atoms with van der Waals surface area (Å²) in [7, 11) is 0. The zero-order chi connectivity index (χ0) is 30.1. The molecule has 0 spiro atoms. The zero-order valence-electron chi connectivity index (χ0n) is 25.4. The Morgan fingerprint density at radius 1 is 0.625 bits per heavy atom. The molecule has 0 aliphatic heterocycles. The number of ketones is 2. The molecule has 0 saturated heterocycles. The molecule has 0 heterocycles. The lowest BCUT2D eigenvalue weighted by Crippen LogP contribution is -2.35. The lowest BCUT2D eigenvalue weighted by atomic mass is 9.71. The van der Waals surface area contributed by atoms with Crippen molar-refractivity contribution >= 4 is 11.6 Å². The largest absolute Gasteiger partial charge is 0.385 e. The number of hydrogen-bond donors (Lipinski definition) is 2. The van der Waals surface area contributed by atoms with E-state index in [1.165, 1.54) is 0 Å². The van der Waals surface area contributed by atoms with Crippen LogP contribution in [0.4, 0.5) is 0 Å². The Bertz CT molecular complexity index is 1180. The van der Waals surface area contributed by atoms with E-state index in [9.17, 15) is 19.8 Å². The van der Waals surface area contributed by atoms with E-state index in [1.807, 2.05) is 98.9 Å². The number of aliphatic hydroxyl groups is 2. The van der Waals surface area contributed by atoms with E-state index in [2.05, 4.69) is 27.7 Å². The number of carbonyl (C=O) groups excluding carboxylic acids is 2. The average molecular weight is 543 g/mol. The summed E-state index contributed by atoms with van der Waals surface area (Å²) in [5.41, 5.74) is 4.90. The minimum absolute atomic E-state index is 0.177. The normalized spacial score (nSPS) is 25.1. The molecule has 0 amide bonds. The number of rotatable bonds is 9. The maximum absolute atomic E-state index is 12.2. The SMILES string of the molecule is CC1=C(/C=C/C(C)=C/C=C/C=C/C=C/C=C/C=C(C)/C=C/C2=C(C)C(=O)[C@@H](O)CC2(C)C)C(C)(C)C[C@H](O)C1=O. The molecular weight excluding hydrogens is 496 g/mol. The van der Waals surface area contributed by atoms with Gasteiger partial charge in [0.15, 0.2) is 11.6 Å². The number of Topliss-reactive ketones (excluding diaryl/α,β-unsaturated/α-hetero) is 2. The molecule has 0 unspecified atom stereocenters. The summed E-state index contributed by atoms with van der Waals surface area (Å²) in [5.74, 6) is -0.353. The molecule has 0 aromatic heterocycles. The molecule has 4 nitrogen and oxygen atoms in total. The maximum atomic E-state index is 12.2. The van der Waals surface area contributed by atoms with E-state index < -0.39 is 12.2 Å². The van der Waals surface area contributed by atoms with Crippen molar-refractivity contribution in [2.24, 2.45) is 10.8 Å². The van der Waals surface area contributed by atoms with E-state index in [0.717, 1.165) is 22.3 Å².